The molecule has 1 saturated heterocycles. The van der Waals surface area contributed by atoms with E-state index >= 15 is 0 Å². The number of nitrogens with two attached hydrogens (primary N) is 1. The van der Waals surface area contributed by atoms with Crippen molar-refractivity contribution in [2.75, 3.05) is 18.0 Å². The number of aromatic nitrogens is 1. The number of aryl methyl sites for hydroxylation is 1. The average Bonchev–Trinajstić information content (AvgIpc) is 3.29. The fourth-order valence-corrected chi connectivity index (χ4v) is 3.80. The molecule has 2 heterocycles. The van der Waals surface area contributed by atoms with E-state index in [1.165, 1.54) is 12.1 Å². The van der Waals surface area contributed by atoms with Gasteiger partial charge in [0.1, 0.15) is 17.4 Å². The Bertz CT molecular complexity index is 939. The van der Waals surface area contributed by atoms with E-state index in [0.717, 1.165) is 30.3 Å². The van der Waals surface area contributed by atoms with Gasteiger partial charge in [0.25, 0.3) is 5.56 Å². The van der Waals surface area contributed by atoms with E-state index in [-0.39, 0.29) is 29.0 Å². The van der Waals surface area contributed by atoms with Gasteiger partial charge in [0.05, 0.1) is 11.2 Å². The Morgan fingerprint density at radius 2 is 2.08 bits per heavy atom. The zero-order chi connectivity index (χ0) is 17.0. The Labute approximate surface area is 139 Å². The zero-order valence-electron chi connectivity index (χ0n) is 13.6. The van der Waals surface area contributed by atoms with Crippen molar-refractivity contribution in [3.05, 3.63) is 39.4 Å². The van der Waals surface area contributed by atoms with Crippen molar-refractivity contribution < 1.29 is 4.39 Å². The summed E-state index contributed by atoms with van der Waals surface area (Å²) in [6, 6.07) is 5.06. The molecule has 5 nitrogen and oxygen atoms in total. The van der Waals surface area contributed by atoms with Gasteiger partial charge in [0.2, 0.25) is 0 Å². The van der Waals surface area contributed by atoms with Crippen molar-refractivity contribution in [2.24, 2.45) is 5.73 Å². The van der Waals surface area contributed by atoms with Crippen LogP contribution in [0, 0.1) is 24.1 Å². The maximum absolute atomic E-state index is 14.8. The van der Waals surface area contributed by atoms with Crippen LogP contribution in [-0.4, -0.2) is 23.7 Å². The molecule has 0 spiro atoms. The second kappa shape index (κ2) is 5.32. The van der Waals surface area contributed by atoms with E-state index in [4.69, 9.17) is 5.73 Å². The topological polar surface area (TPSA) is 75.1 Å². The van der Waals surface area contributed by atoms with Gasteiger partial charge in [0, 0.05) is 30.6 Å². The molecule has 2 N–H and O–H groups in total. The molecule has 1 aromatic carbocycles. The van der Waals surface area contributed by atoms with Crippen molar-refractivity contribution in [3.63, 3.8) is 0 Å². The van der Waals surface area contributed by atoms with Gasteiger partial charge < -0.3 is 15.2 Å². The maximum atomic E-state index is 14.8. The molecule has 1 aliphatic carbocycles. The quantitative estimate of drug-likeness (QED) is 0.918. The number of hydrogen-bond acceptors (Lipinski definition) is 4. The fourth-order valence-electron chi connectivity index (χ4n) is 3.80. The smallest absolute Gasteiger partial charge is 0.269 e. The van der Waals surface area contributed by atoms with Crippen LogP contribution in [0.2, 0.25) is 0 Å². The van der Waals surface area contributed by atoms with Gasteiger partial charge in [-0.3, -0.25) is 4.79 Å². The van der Waals surface area contributed by atoms with Crippen molar-refractivity contribution in [2.45, 2.75) is 38.3 Å². The minimum absolute atomic E-state index is 0.0473. The number of rotatable bonds is 2. The number of anilines is 1. The molecule has 124 valence electrons. The molecule has 0 radical (unpaired) electrons. The maximum Gasteiger partial charge on any atom is 0.269 e. The number of nitrogens with zero attached hydrogens (tertiary/aromatic N) is 3. The summed E-state index contributed by atoms with van der Waals surface area (Å²) in [6.07, 6.45) is 2.68. The molecule has 0 bridgehead atoms. The molecule has 1 unspecified atom stereocenters. The Kier molecular flexibility index (Phi) is 3.36. The molecule has 2 fully saturated rings. The molecule has 1 atom stereocenters. The second-order valence-corrected chi connectivity index (χ2v) is 6.84. The molecule has 2 aromatic rings. The summed E-state index contributed by atoms with van der Waals surface area (Å²) in [4.78, 5) is 14.6. The van der Waals surface area contributed by atoms with Crippen LogP contribution in [-0.2, 0) is 0 Å². The molecule has 2 aliphatic rings. The summed E-state index contributed by atoms with van der Waals surface area (Å²) in [6.45, 7) is 3.19. The number of nitriles is 1. The predicted octanol–water partition coefficient (Wildman–Crippen LogP) is 2.19. The van der Waals surface area contributed by atoms with Gasteiger partial charge in [-0.2, -0.15) is 5.26 Å². The number of benzene rings is 1. The second-order valence-electron chi connectivity index (χ2n) is 6.84. The molecule has 1 aliphatic heterocycles. The summed E-state index contributed by atoms with van der Waals surface area (Å²) >= 11 is 0. The molecule has 1 aromatic heterocycles. The van der Waals surface area contributed by atoms with Gasteiger partial charge in [-0.15, -0.1) is 0 Å². The highest BCUT2D eigenvalue weighted by molar-refractivity contribution is 5.89. The highest BCUT2D eigenvalue weighted by atomic mass is 19.1. The molecule has 1 saturated carbocycles. The number of halogens is 1. The number of hydrogen-bond donors (Lipinski definition) is 1. The van der Waals surface area contributed by atoms with Crippen LogP contribution < -0.4 is 16.2 Å². The third-order valence-corrected chi connectivity index (χ3v) is 5.06. The summed E-state index contributed by atoms with van der Waals surface area (Å²) in [7, 11) is 0. The fraction of sp³-hybridized carbons (Fsp3) is 0.444. The molecule has 0 amide bonds. The Balaban J connectivity index is 2.03. The average molecular weight is 326 g/mol. The molecule has 6 heteroatoms. The van der Waals surface area contributed by atoms with Crippen LogP contribution in [0.25, 0.3) is 10.9 Å². The largest absolute Gasteiger partial charge is 0.367 e. The van der Waals surface area contributed by atoms with Crippen LogP contribution in [0.15, 0.2) is 16.9 Å². The van der Waals surface area contributed by atoms with E-state index in [1.807, 2.05) is 17.9 Å². The summed E-state index contributed by atoms with van der Waals surface area (Å²) < 4.78 is 16.5. The standard InChI is InChI=1S/C18H19FN4O/c1-10-16-11(6-12(8-20)18(24)23(16)14-2-3-14)7-15(19)17(10)22-5-4-13(21)9-22/h6-7,13-14H,2-5,9,21H2,1H3. The first-order chi connectivity index (χ1) is 11.5. The van der Waals surface area contributed by atoms with Crippen LogP contribution in [0.5, 0.6) is 0 Å². The SMILES string of the molecule is Cc1c(N2CCC(N)C2)c(F)cc2cc(C#N)c(=O)n(C3CC3)c12. The van der Waals surface area contributed by atoms with Gasteiger partial charge in [-0.1, -0.05) is 0 Å². The van der Waals surface area contributed by atoms with Gasteiger partial charge in [-0.25, -0.2) is 4.39 Å². The summed E-state index contributed by atoms with van der Waals surface area (Å²) in [5.41, 5.74) is 7.81. The first-order valence-corrected chi connectivity index (χ1v) is 8.30. The molecular weight excluding hydrogens is 307 g/mol. The van der Waals surface area contributed by atoms with Crippen LogP contribution in [0.4, 0.5) is 10.1 Å². The minimum Gasteiger partial charge on any atom is -0.367 e. The monoisotopic (exact) mass is 326 g/mol. The van der Waals surface area contributed by atoms with E-state index in [0.29, 0.717) is 24.2 Å². The van der Waals surface area contributed by atoms with Crippen molar-refractivity contribution >= 4 is 16.6 Å². The minimum atomic E-state index is -0.320. The first-order valence-electron chi connectivity index (χ1n) is 8.30. The van der Waals surface area contributed by atoms with Crippen molar-refractivity contribution in [1.82, 2.24) is 4.57 Å². The van der Waals surface area contributed by atoms with Crippen LogP contribution in [0.1, 0.15) is 36.4 Å². The van der Waals surface area contributed by atoms with Crippen molar-refractivity contribution in [1.29, 1.82) is 5.26 Å². The van der Waals surface area contributed by atoms with Crippen LogP contribution >= 0.6 is 0 Å². The number of fused-ring (bicyclic) bond motifs is 1. The van der Waals surface area contributed by atoms with E-state index in [2.05, 4.69) is 0 Å². The van der Waals surface area contributed by atoms with E-state index in [9.17, 15) is 14.4 Å². The normalized spacial score (nSPS) is 20.6. The lowest BCUT2D eigenvalue weighted by Gasteiger charge is -2.24. The Morgan fingerprint density at radius 1 is 1.33 bits per heavy atom. The van der Waals surface area contributed by atoms with Crippen molar-refractivity contribution in [3.8, 4) is 6.07 Å². The van der Waals surface area contributed by atoms with Crippen LogP contribution in [0.3, 0.4) is 0 Å². The zero-order valence-corrected chi connectivity index (χ0v) is 13.6. The number of pyridine rings is 1. The molecule has 24 heavy (non-hydrogen) atoms. The predicted molar refractivity (Wildman–Crippen MR) is 90.7 cm³/mol. The van der Waals surface area contributed by atoms with E-state index < -0.39 is 0 Å². The Morgan fingerprint density at radius 3 is 2.67 bits per heavy atom. The third kappa shape index (κ3) is 2.20. The lowest BCUT2D eigenvalue weighted by Crippen LogP contribution is -2.28. The van der Waals surface area contributed by atoms with Gasteiger partial charge >= 0.3 is 0 Å². The third-order valence-electron chi connectivity index (χ3n) is 5.06. The lowest BCUT2D eigenvalue weighted by atomic mass is 10.0. The highest BCUT2D eigenvalue weighted by Gasteiger charge is 2.30. The first kappa shape index (κ1) is 15.2. The summed E-state index contributed by atoms with van der Waals surface area (Å²) in [5, 5.41) is 9.83. The van der Waals surface area contributed by atoms with E-state index in [1.54, 1.807) is 4.57 Å². The molecular formula is C18H19FN4O. The van der Waals surface area contributed by atoms with Gasteiger partial charge in [-0.05, 0) is 43.9 Å². The summed E-state index contributed by atoms with van der Waals surface area (Å²) in [5.74, 6) is -0.320. The van der Waals surface area contributed by atoms with Gasteiger partial charge in [0.15, 0.2) is 0 Å². The highest BCUT2D eigenvalue weighted by Crippen LogP contribution is 2.39. The Hall–Kier alpha value is -2.39. The lowest BCUT2D eigenvalue weighted by molar-refractivity contribution is 0.622. The molecule has 4 rings (SSSR count).